The molecule has 29 heavy (non-hydrogen) atoms. The first-order valence-electron chi connectivity index (χ1n) is 11.3. The average molecular weight is 397 g/mol. The fourth-order valence-corrected chi connectivity index (χ4v) is 3.78. The van der Waals surface area contributed by atoms with Crippen molar-refractivity contribution >= 4 is 5.65 Å². The van der Waals surface area contributed by atoms with Gasteiger partial charge in [0.2, 0.25) is 0 Å². The SMILES string of the molecule is CCCCCCCCCCCCOc1ccccc1-c1nnc2c(C)c(C)[nH]n12. The number of aromatic nitrogens is 4. The van der Waals surface area contributed by atoms with E-state index in [2.05, 4.69) is 42.1 Å². The smallest absolute Gasteiger partial charge is 0.187 e. The zero-order chi connectivity index (χ0) is 20.5. The fraction of sp³-hybridized carbons (Fsp3) is 0.583. The van der Waals surface area contributed by atoms with Crippen LogP contribution in [0.4, 0.5) is 0 Å². The van der Waals surface area contributed by atoms with Gasteiger partial charge in [0.1, 0.15) is 5.75 Å². The van der Waals surface area contributed by atoms with Crippen LogP contribution in [-0.2, 0) is 0 Å². The molecular weight excluding hydrogens is 360 g/mol. The Balaban J connectivity index is 1.45. The Hall–Kier alpha value is -2.30. The molecular formula is C24H36N4O. The second-order valence-electron chi connectivity index (χ2n) is 8.07. The number of aromatic amines is 1. The van der Waals surface area contributed by atoms with Crippen LogP contribution in [0.15, 0.2) is 24.3 Å². The molecule has 3 rings (SSSR count). The van der Waals surface area contributed by atoms with Crippen LogP contribution < -0.4 is 4.74 Å². The molecule has 0 amide bonds. The molecule has 158 valence electrons. The highest BCUT2D eigenvalue weighted by Crippen LogP contribution is 2.29. The van der Waals surface area contributed by atoms with Crippen LogP contribution in [-0.4, -0.2) is 26.4 Å². The van der Waals surface area contributed by atoms with Crippen molar-refractivity contribution in [2.75, 3.05) is 6.61 Å². The summed E-state index contributed by atoms with van der Waals surface area (Å²) < 4.78 is 8.08. The van der Waals surface area contributed by atoms with E-state index in [1.54, 1.807) is 0 Å². The van der Waals surface area contributed by atoms with Gasteiger partial charge < -0.3 is 4.74 Å². The molecule has 2 aromatic heterocycles. The summed E-state index contributed by atoms with van der Waals surface area (Å²) in [5.74, 6) is 1.68. The van der Waals surface area contributed by atoms with Crippen LogP contribution in [0.1, 0.15) is 82.4 Å². The van der Waals surface area contributed by atoms with Gasteiger partial charge in [-0.2, -0.15) is 0 Å². The number of fused-ring (bicyclic) bond motifs is 1. The number of aryl methyl sites for hydroxylation is 2. The molecule has 0 bridgehead atoms. The molecule has 1 aromatic carbocycles. The van der Waals surface area contributed by atoms with Crippen LogP contribution in [0, 0.1) is 13.8 Å². The molecule has 0 aliphatic carbocycles. The largest absolute Gasteiger partial charge is 0.493 e. The number of rotatable bonds is 13. The minimum atomic E-state index is 0.748. The first kappa shape index (κ1) is 21.4. The fourth-order valence-electron chi connectivity index (χ4n) is 3.78. The molecule has 0 spiro atoms. The molecule has 0 saturated heterocycles. The van der Waals surface area contributed by atoms with E-state index in [0.29, 0.717) is 0 Å². The lowest BCUT2D eigenvalue weighted by atomic mass is 10.1. The van der Waals surface area contributed by atoms with Crippen molar-refractivity contribution < 1.29 is 4.74 Å². The maximum atomic E-state index is 6.12. The van der Waals surface area contributed by atoms with E-state index in [0.717, 1.165) is 47.1 Å². The Morgan fingerprint density at radius 1 is 0.862 bits per heavy atom. The van der Waals surface area contributed by atoms with Crippen molar-refractivity contribution in [2.24, 2.45) is 0 Å². The van der Waals surface area contributed by atoms with Crippen LogP contribution in [0.2, 0.25) is 0 Å². The Morgan fingerprint density at radius 3 is 2.24 bits per heavy atom. The lowest BCUT2D eigenvalue weighted by Crippen LogP contribution is -2.00. The van der Waals surface area contributed by atoms with Gasteiger partial charge in [-0.05, 0) is 32.4 Å². The maximum absolute atomic E-state index is 6.12. The third-order valence-corrected chi connectivity index (χ3v) is 5.72. The highest BCUT2D eigenvalue weighted by atomic mass is 16.5. The summed E-state index contributed by atoms with van der Waals surface area (Å²) in [7, 11) is 0. The van der Waals surface area contributed by atoms with Gasteiger partial charge >= 0.3 is 0 Å². The van der Waals surface area contributed by atoms with Crippen LogP contribution in [0.25, 0.3) is 17.0 Å². The van der Waals surface area contributed by atoms with Gasteiger partial charge in [0.05, 0.1) is 12.2 Å². The zero-order valence-electron chi connectivity index (χ0n) is 18.3. The molecule has 0 saturated carbocycles. The van der Waals surface area contributed by atoms with Gasteiger partial charge in [-0.25, -0.2) is 4.52 Å². The first-order valence-corrected chi connectivity index (χ1v) is 11.3. The second kappa shape index (κ2) is 11.0. The highest BCUT2D eigenvalue weighted by molar-refractivity contribution is 5.67. The van der Waals surface area contributed by atoms with E-state index >= 15 is 0 Å². The molecule has 0 fully saturated rings. The number of nitrogens with one attached hydrogen (secondary N) is 1. The van der Waals surface area contributed by atoms with E-state index in [1.165, 1.54) is 57.8 Å². The highest BCUT2D eigenvalue weighted by Gasteiger charge is 2.16. The number of nitrogens with zero attached hydrogens (tertiary/aromatic N) is 3. The third-order valence-electron chi connectivity index (χ3n) is 5.72. The van der Waals surface area contributed by atoms with Crippen molar-refractivity contribution in [3.05, 3.63) is 35.5 Å². The van der Waals surface area contributed by atoms with Crippen LogP contribution >= 0.6 is 0 Å². The molecule has 0 unspecified atom stereocenters. The molecule has 0 aliphatic rings. The van der Waals surface area contributed by atoms with Crippen molar-refractivity contribution in [1.29, 1.82) is 0 Å². The monoisotopic (exact) mass is 396 g/mol. The molecule has 5 nitrogen and oxygen atoms in total. The molecule has 2 heterocycles. The van der Waals surface area contributed by atoms with Crippen molar-refractivity contribution in [3.63, 3.8) is 0 Å². The van der Waals surface area contributed by atoms with E-state index in [9.17, 15) is 0 Å². The molecule has 0 aliphatic heterocycles. The maximum Gasteiger partial charge on any atom is 0.187 e. The van der Waals surface area contributed by atoms with E-state index in [-0.39, 0.29) is 0 Å². The first-order chi connectivity index (χ1) is 14.2. The van der Waals surface area contributed by atoms with Gasteiger partial charge in [0, 0.05) is 11.3 Å². The number of para-hydroxylation sites is 1. The predicted molar refractivity (Wildman–Crippen MR) is 120 cm³/mol. The van der Waals surface area contributed by atoms with E-state index in [4.69, 9.17) is 4.74 Å². The van der Waals surface area contributed by atoms with Gasteiger partial charge in [-0.3, -0.25) is 5.10 Å². The average Bonchev–Trinajstić information content (AvgIpc) is 3.26. The number of benzene rings is 1. The Labute approximate surface area is 174 Å². The normalized spacial score (nSPS) is 11.4. The Kier molecular flexibility index (Phi) is 8.14. The standard InChI is InChI=1S/C24H36N4O/c1-4-5-6-7-8-9-10-11-12-15-18-29-22-17-14-13-16-21(22)24-26-25-23-19(2)20(3)27-28(23)24/h13-14,16-17,27H,4-12,15,18H2,1-3H3. The summed E-state index contributed by atoms with van der Waals surface area (Å²) in [5, 5.41) is 12.1. The summed E-state index contributed by atoms with van der Waals surface area (Å²) in [6.45, 7) is 7.14. The van der Waals surface area contributed by atoms with Gasteiger partial charge in [0.25, 0.3) is 0 Å². The van der Waals surface area contributed by atoms with Crippen LogP contribution in [0.3, 0.4) is 0 Å². The number of hydrogen-bond acceptors (Lipinski definition) is 3. The zero-order valence-corrected chi connectivity index (χ0v) is 18.3. The molecule has 0 atom stereocenters. The summed E-state index contributed by atoms with van der Waals surface area (Å²) in [5.41, 5.74) is 4.10. The van der Waals surface area contributed by atoms with Crippen molar-refractivity contribution in [3.8, 4) is 17.1 Å². The minimum Gasteiger partial charge on any atom is -0.493 e. The molecule has 1 N–H and O–H groups in total. The van der Waals surface area contributed by atoms with Gasteiger partial charge in [0.15, 0.2) is 11.5 Å². The molecule has 5 heteroatoms. The Bertz CT molecular complexity index is 880. The minimum absolute atomic E-state index is 0.748. The van der Waals surface area contributed by atoms with E-state index < -0.39 is 0 Å². The third kappa shape index (κ3) is 5.62. The topological polar surface area (TPSA) is 55.2 Å². The number of unbranched alkanes of at least 4 members (excludes halogenated alkanes) is 9. The molecule has 3 aromatic rings. The van der Waals surface area contributed by atoms with Gasteiger partial charge in [-0.1, -0.05) is 76.8 Å². The number of hydrogen-bond donors (Lipinski definition) is 1. The quantitative estimate of drug-likeness (QED) is 0.329. The van der Waals surface area contributed by atoms with Crippen molar-refractivity contribution in [1.82, 2.24) is 19.8 Å². The summed E-state index contributed by atoms with van der Waals surface area (Å²) in [6, 6.07) is 8.11. The van der Waals surface area contributed by atoms with E-state index in [1.807, 2.05) is 22.7 Å². The Morgan fingerprint density at radius 2 is 1.52 bits per heavy atom. The lowest BCUT2D eigenvalue weighted by molar-refractivity contribution is 0.305. The summed E-state index contributed by atoms with van der Waals surface area (Å²) in [6.07, 6.45) is 13.3. The second-order valence-corrected chi connectivity index (χ2v) is 8.07. The number of H-pyrrole nitrogens is 1. The van der Waals surface area contributed by atoms with Gasteiger partial charge in [-0.15, -0.1) is 10.2 Å². The predicted octanol–water partition coefficient (Wildman–Crippen LogP) is 6.64. The summed E-state index contributed by atoms with van der Waals surface area (Å²) in [4.78, 5) is 0. The van der Waals surface area contributed by atoms with Crippen LogP contribution in [0.5, 0.6) is 5.75 Å². The molecule has 0 radical (unpaired) electrons. The summed E-state index contributed by atoms with van der Waals surface area (Å²) >= 11 is 0. The lowest BCUT2D eigenvalue weighted by Gasteiger charge is -2.10. The van der Waals surface area contributed by atoms with Crippen molar-refractivity contribution in [2.45, 2.75) is 85.0 Å². The number of ether oxygens (including phenoxy) is 1.